The molecule has 1 fully saturated rings. The Kier molecular flexibility index (Phi) is 7.80. The van der Waals surface area contributed by atoms with Crippen LogP contribution in [0.4, 0.5) is 24.5 Å². The van der Waals surface area contributed by atoms with Crippen LogP contribution in [0, 0.1) is 0 Å². The van der Waals surface area contributed by atoms with E-state index in [1.807, 2.05) is 4.90 Å². The van der Waals surface area contributed by atoms with Gasteiger partial charge >= 0.3 is 6.18 Å². The monoisotopic (exact) mass is 421 g/mol. The highest BCUT2D eigenvalue weighted by Crippen LogP contribution is 2.31. The zero-order valence-electron chi connectivity index (χ0n) is 14.3. The third-order valence-corrected chi connectivity index (χ3v) is 4.24. The molecule has 0 aromatic heterocycles. The molecule has 1 saturated heterocycles. The Hall–Kier alpha value is -2.12. The van der Waals surface area contributed by atoms with Gasteiger partial charge in [-0.1, -0.05) is 12.1 Å². The molecule has 148 valence electrons. The summed E-state index contributed by atoms with van der Waals surface area (Å²) in [6, 6.07) is 12.0. The van der Waals surface area contributed by atoms with Crippen LogP contribution in [0.15, 0.2) is 48.5 Å². The summed E-state index contributed by atoms with van der Waals surface area (Å²) in [6.45, 7) is 1.86. The zero-order chi connectivity index (χ0) is 18.0. The largest absolute Gasteiger partial charge is 0.416 e. The van der Waals surface area contributed by atoms with Gasteiger partial charge in [0.15, 0.2) is 0 Å². The average molecular weight is 422 g/mol. The van der Waals surface area contributed by atoms with Crippen LogP contribution in [0.3, 0.4) is 0 Å². The maximum Gasteiger partial charge on any atom is 0.416 e. The van der Waals surface area contributed by atoms with Gasteiger partial charge < -0.3 is 15.5 Å². The number of piperazine rings is 1. The van der Waals surface area contributed by atoms with Gasteiger partial charge in [0.25, 0.3) is 5.91 Å². The third-order valence-electron chi connectivity index (χ3n) is 4.24. The minimum absolute atomic E-state index is 0. The molecule has 0 bridgehead atoms. The lowest BCUT2D eigenvalue weighted by Crippen LogP contribution is -2.48. The molecule has 27 heavy (non-hydrogen) atoms. The van der Waals surface area contributed by atoms with Gasteiger partial charge in [0.2, 0.25) is 0 Å². The maximum absolute atomic E-state index is 12.8. The van der Waals surface area contributed by atoms with Crippen molar-refractivity contribution in [1.29, 1.82) is 0 Å². The van der Waals surface area contributed by atoms with Crippen molar-refractivity contribution in [3.8, 4) is 0 Å². The summed E-state index contributed by atoms with van der Waals surface area (Å²) >= 11 is 0. The molecule has 2 N–H and O–H groups in total. The van der Waals surface area contributed by atoms with E-state index < -0.39 is 11.7 Å². The number of hydrogen-bond donors (Lipinski definition) is 1. The Bertz CT molecular complexity index is 778. The van der Waals surface area contributed by atoms with Crippen molar-refractivity contribution in [3.05, 3.63) is 59.7 Å². The molecule has 9 heteroatoms. The first kappa shape index (κ1) is 22.9. The number of carbonyl (C=O) groups excluding carboxylic acids is 1. The number of nitrogens with zero attached hydrogens (tertiary/aromatic N) is 2. The maximum atomic E-state index is 12.8. The molecular formula is C18H20Cl2F3N3O. The lowest BCUT2D eigenvalue weighted by molar-refractivity contribution is -0.137. The molecule has 1 amide bonds. The summed E-state index contributed by atoms with van der Waals surface area (Å²) in [4.78, 5) is 16.0. The van der Waals surface area contributed by atoms with Gasteiger partial charge in [-0.05, 0) is 36.4 Å². The molecule has 1 heterocycles. The van der Waals surface area contributed by atoms with Gasteiger partial charge in [-0.15, -0.1) is 24.8 Å². The van der Waals surface area contributed by atoms with Gasteiger partial charge in [-0.3, -0.25) is 4.79 Å². The molecule has 0 unspecified atom stereocenters. The Balaban J connectivity index is 0.00000182. The second-order valence-corrected chi connectivity index (χ2v) is 5.95. The van der Waals surface area contributed by atoms with Crippen LogP contribution in [0.5, 0.6) is 0 Å². The van der Waals surface area contributed by atoms with Crippen molar-refractivity contribution < 1.29 is 18.0 Å². The van der Waals surface area contributed by atoms with Gasteiger partial charge in [0.05, 0.1) is 5.56 Å². The van der Waals surface area contributed by atoms with Crippen LogP contribution in [-0.4, -0.2) is 37.0 Å². The topological polar surface area (TPSA) is 49.6 Å². The van der Waals surface area contributed by atoms with Gasteiger partial charge in [-0.25, -0.2) is 0 Å². The highest BCUT2D eigenvalue weighted by molar-refractivity contribution is 5.95. The standard InChI is InChI=1S/C18H18F3N3O.2ClH/c19-18(20,21)14-4-2-6-16(12-14)23-7-9-24(10-8-23)17(25)13-3-1-5-15(22)11-13;;/h1-6,11-12H,7-10,22H2;2*1H. The summed E-state index contributed by atoms with van der Waals surface area (Å²) in [7, 11) is 0. The Morgan fingerprint density at radius 2 is 1.56 bits per heavy atom. The van der Waals surface area contributed by atoms with Gasteiger partial charge in [-0.2, -0.15) is 13.2 Å². The van der Waals surface area contributed by atoms with E-state index in [0.717, 1.165) is 12.1 Å². The van der Waals surface area contributed by atoms with E-state index in [9.17, 15) is 18.0 Å². The SMILES string of the molecule is Cl.Cl.Nc1cccc(C(=O)N2CCN(c3cccc(C(F)(F)F)c3)CC2)c1. The number of hydrogen-bond acceptors (Lipinski definition) is 3. The second-order valence-electron chi connectivity index (χ2n) is 5.95. The smallest absolute Gasteiger partial charge is 0.399 e. The average Bonchev–Trinajstić information content (AvgIpc) is 2.61. The molecule has 1 aliphatic heterocycles. The lowest BCUT2D eigenvalue weighted by atomic mass is 10.1. The van der Waals surface area contributed by atoms with Crippen molar-refractivity contribution in [3.63, 3.8) is 0 Å². The minimum Gasteiger partial charge on any atom is -0.399 e. The predicted molar refractivity (Wildman–Crippen MR) is 105 cm³/mol. The molecule has 0 spiro atoms. The van der Waals surface area contributed by atoms with Crippen LogP contribution in [0.1, 0.15) is 15.9 Å². The van der Waals surface area contributed by atoms with Crippen LogP contribution in [0.2, 0.25) is 0 Å². The van der Waals surface area contributed by atoms with Crippen LogP contribution >= 0.6 is 24.8 Å². The molecule has 0 aliphatic carbocycles. The molecule has 3 rings (SSSR count). The molecule has 2 aromatic carbocycles. The normalized spacial score (nSPS) is 14.2. The lowest BCUT2D eigenvalue weighted by Gasteiger charge is -2.36. The number of nitrogen functional groups attached to an aromatic ring is 1. The van der Waals surface area contributed by atoms with Crippen molar-refractivity contribution in [2.75, 3.05) is 36.8 Å². The van der Waals surface area contributed by atoms with E-state index in [2.05, 4.69) is 0 Å². The molecule has 2 aromatic rings. The van der Waals surface area contributed by atoms with Crippen LogP contribution < -0.4 is 10.6 Å². The molecule has 0 radical (unpaired) electrons. The number of carbonyl (C=O) groups is 1. The first-order valence-corrected chi connectivity index (χ1v) is 7.91. The molecular weight excluding hydrogens is 402 g/mol. The number of anilines is 2. The number of halogens is 5. The first-order valence-electron chi connectivity index (χ1n) is 7.91. The van der Waals surface area contributed by atoms with Gasteiger partial charge in [0, 0.05) is 43.1 Å². The van der Waals surface area contributed by atoms with Crippen molar-refractivity contribution in [1.82, 2.24) is 4.90 Å². The first-order chi connectivity index (χ1) is 11.8. The number of benzene rings is 2. The van der Waals surface area contributed by atoms with E-state index in [-0.39, 0.29) is 30.7 Å². The van der Waals surface area contributed by atoms with E-state index in [1.54, 1.807) is 35.2 Å². The van der Waals surface area contributed by atoms with Crippen molar-refractivity contribution >= 4 is 42.1 Å². The minimum atomic E-state index is -4.36. The summed E-state index contributed by atoms with van der Waals surface area (Å²) in [6.07, 6.45) is -4.36. The fourth-order valence-corrected chi connectivity index (χ4v) is 2.90. The van der Waals surface area contributed by atoms with E-state index in [4.69, 9.17) is 5.73 Å². The fourth-order valence-electron chi connectivity index (χ4n) is 2.90. The number of rotatable bonds is 2. The van der Waals surface area contributed by atoms with E-state index in [0.29, 0.717) is 43.1 Å². The Morgan fingerprint density at radius 3 is 2.15 bits per heavy atom. The van der Waals surface area contributed by atoms with Gasteiger partial charge in [0.1, 0.15) is 0 Å². The summed E-state index contributed by atoms with van der Waals surface area (Å²) in [5, 5.41) is 0. The second kappa shape index (κ2) is 9.19. The zero-order valence-corrected chi connectivity index (χ0v) is 15.9. The molecule has 0 saturated carbocycles. The molecule has 1 aliphatic rings. The Labute approximate surface area is 167 Å². The van der Waals surface area contributed by atoms with Crippen molar-refractivity contribution in [2.45, 2.75) is 6.18 Å². The number of amides is 1. The number of nitrogens with two attached hydrogens (primary N) is 1. The van der Waals surface area contributed by atoms with E-state index >= 15 is 0 Å². The third kappa shape index (κ3) is 5.43. The Morgan fingerprint density at radius 1 is 0.926 bits per heavy atom. The highest BCUT2D eigenvalue weighted by Gasteiger charge is 2.31. The number of alkyl halides is 3. The van der Waals surface area contributed by atoms with Crippen LogP contribution in [-0.2, 0) is 6.18 Å². The quantitative estimate of drug-likeness (QED) is 0.742. The summed E-state index contributed by atoms with van der Waals surface area (Å²) in [5.41, 5.74) is 6.60. The van der Waals surface area contributed by atoms with Crippen LogP contribution in [0.25, 0.3) is 0 Å². The summed E-state index contributed by atoms with van der Waals surface area (Å²) in [5.74, 6) is -0.115. The predicted octanol–water partition coefficient (Wildman–Crippen LogP) is 4.09. The molecule has 4 nitrogen and oxygen atoms in total. The summed E-state index contributed by atoms with van der Waals surface area (Å²) < 4.78 is 38.5. The van der Waals surface area contributed by atoms with Crippen molar-refractivity contribution in [2.24, 2.45) is 0 Å². The van der Waals surface area contributed by atoms with E-state index in [1.165, 1.54) is 6.07 Å². The fraction of sp³-hybridized carbons (Fsp3) is 0.278. The highest BCUT2D eigenvalue weighted by atomic mass is 35.5. The molecule has 0 atom stereocenters.